The Bertz CT molecular complexity index is 615. The van der Waals surface area contributed by atoms with E-state index in [9.17, 15) is 0 Å². The van der Waals surface area contributed by atoms with Gasteiger partial charge in [-0.3, -0.25) is 0 Å². The van der Waals surface area contributed by atoms with Gasteiger partial charge >= 0.3 is 0 Å². The fourth-order valence-electron chi connectivity index (χ4n) is 1.84. The maximum absolute atomic E-state index is 8.82. The summed E-state index contributed by atoms with van der Waals surface area (Å²) in [7, 11) is 0. The van der Waals surface area contributed by atoms with Gasteiger partial charge in [0.2, 0.25) is 0 Å². The summed E-state index contributed by atoms with van der Waals surface area (Å²) < 4.78 is 5.88. The smallest absolute Gasteiger partial charge is 0.173 e. The summed E-state index contributed by atoms with van der Waals surface area (Å²) in [5.74, 6) is 0.476. The molecular formula is C15H15ClN2O2. The predicted octanol–water partition coefficient (Wildman–Crippen LogP) is 3.57. The molecule has 0 amide bonds. The fourth-order valence-corrected chi connectivity index (χ4v) is 2.01. The average Bonchev–Trinajstić information content (AvgIpc) is 2.49. The first kappa shape index (κ1) is 14.2. The molecule has 1 atom stereocenters. The maximum atomic E-state index is 8.82. The molecule has 0 spiro atoms. The van der Waals surface area contributed by atoms with E-state index in [1.165, 1.54) is 0 Å². The third kappa shape index (κ3) is 3.22. The molecule has 104 valence electrons. The van der Waals surface area contributed by atoms with Crippen LogP contribution < -0.4 is 10.5 Å². The summed E-state index contributed by atoms with van der Waals surface area (Å²) in [6.07, 6.45) is -0.164. The quantitative estimate of drug-likeness (QED) is 0.391. The Labute approximate surface area is 122 Å². The standard InChI is InChI=1S/C15H15ClN2O2/c1-10(11-5-3-2-4-6-11)20-14-8-7-12(16)9-13(14)15(17)18-19/h2-10,19H,1H3,(H2,17,18). The van der Waals surface area contributed by atoms with Crippen LogP contribution in [0.5, 0.6) is 5.75 Å². The van der Waals surface area contributed by atoms with Gasteiger partial charge in [-0.1, -0.05) is 47.1 Å². The number of ether oxygens (including phenoxy) is 1. The molecule has 1 unspecified atom stereocenters. The average molecular weight is 291 g/mol. The normalized spacial score (nSPS) is 13.0. The largest absolute Gasteiger partial charge is 0.485 e. The van der Waals surface area contributed by atoms with E-state index in [1.54, 1.807) is 18.2 Å². The summed E-state index contributed by atoms with van der Waals surface area (Å²) in [4.78, 5) is 0. The summed E-state index contributed by atoms with van der Waals surface area (Å²) in [5.41, 5.74) is 7.14. The van der Waals surface area contributed by atoms with E-state index in [0.29, 0.717) is 16.3 Å². The number of benzene rings is 2. The summed E-state index contributed by atoms with van der Waals surface area (Å²) in [5, 5.41) is 12.3. The molecule has 0 bridgehead atoms. The maximum Gasteiger partial charge on any atom is 0.173 e. The van der Waals surface area contributed by atoms with Gasteiger partial charge in [0.05, 0.1) is 5.56 Å². The van der Waals surface area contributed by atoms with Crippen LogP contribution in [0.25, 0.3) is 0 Å². The molecule has 0 saturated heterocycles. The highest BCUT2D eigenvalue weighted by Crippen LogP contribution is 2.27. The number of nitrogens with zero attached hydrogens (tertiary/aromatic N) is 1. The zero-order valence-electron chi connectivity index (χ0n) is 11.0. The first-order valence-electron chi connectivity index (χ1n) is 6.11. The molecule has 0 fully saturated rings. The number of amidine groups is 1. The van der Waals surface area contributed by atoms with Crippen molar-refractivity contribution in [3.05, 3.63) is 64.7 Å². The Morgan fingerprint density at radius 3 is 2.60 bits per heavy atom. The Morgan fingerprint density at radius 2 is 1.95 bits per heavy atom. The molecule has 2 aromatic rings. The molecule has 3 N–H and O–H groups in total. The van der Waals surface area contributed by atoms with Crippen molar-refractivity contribution in [2.24, 2.45) is 10.9 Å². The lowest BCUT2D eigenvalue weighted by Gasteiger charge is -2.17. The van der Waals surface area contributed by atoms with Gasteiger partial charge < -0.3 is 15.7 Å². The third-order valence-electron chi connectivity index (χ3n) is 2.90. The summed E-state index contributed by atoms with van der Waals surface area (Å²) >= 11 is 5.92. The van der Waals surface area contributed by atoms with E-state index in [2.05, 4.69) is 5.16 Å². The van der Waals surface area contributed by atoms with Gasteiger partial charge in [0.1, 0.15) is 11.9 Å². The molecule has 2 rings (SSSR count). The van der Waals surface area contributed by atoms with Gasteiger partial charge in [-0.2, -0.15) is 0 Å². The van der Waals surface area contributed by atoms with Crippen LogP contribution in [-0.4, -0.2) is 11.0 Å². The van der Waals surface area contributed by atoms with Crippen molar-refractivity contribution >= 4 is 17.4 Å². The SMILES string of the molecule is CC(Oc1ccc(Cl)cc1C(N)=NO)c1ccccc1. The van der Waals surface area contributed by atoms with E-state index in [0.717, 1.165) is 5.56 Å². The van der Waals surface area contributed by atoms with Gasteiger partial charge in [0.15, 0.2) is 5.84 Å². The van der Waals surface area contributed by atoms with Gasteiger partial charge in [0.25, 0.3) is 0 Å². The van der Waals surface area contributed by atoms with E-state index in [4.69, 9.17) is 27.3 Å². The molecule has 20 heavy (non-hydrogen) atoms. The topological polar surface area (TPSA) is 67.8 Å². The zero-order valence-corrected chi connectivity index (χ0v) is 11.7. The molecule has 0 aliphatic carbocycles. The van der Waals surface area contributed by atoms with Gasteiger partial charge in [-0.05, 0) is 30.7 Å². The minimum atomic E-state index is -0.164. The van der Waals surface area contributed by atoms with E-state index in [1.807, 2.05) is 37.3 Å². The number of rotatable bonds is 4. The molecule has 0 heterocycles. The highest BCUT2D eigenvalue weighted by molar-refractivity contribution is 6.31. The van der Waals surface area contributed by atoms with Gasteiger partial charge in [-0.25, -0.2) is 0 Å². The van der Waals surface area contributed by atoms with Crippen molar-refractivity contribution in [3.8, 4) is 5.75 Å². The number of oxime groups is 1. The summed E-state index contributed by atoms with van der Waals surface area (Å²) in [6.45, 7) is 1.93. The van der Waals surface area contributed by atoms with Crippen molar-refractivity contribution in [2.75, 3.05) is 0 Å². The van der Waals surface area contributed by atoms with Crippen molar-refractivity contribution in [3.63, 3.8) is 0 Å². The molecule has 0 aliphatic heterocycles. The number of hydrogen-bond donors (Lipinski definition) is 2. The first-order chi connectivity index (χ1) is 9.61. The second kappa shape index (κ2) is 6.30. The first-order valence-corrected chi connectivity index (χ1v) is 6.48. The van der Waals surface area contributed by atoms with Crippen LogP contribution in [0.4, 0.5) is 0 Å². The minimum absolute atomic E-state index is 0.0391. The second-order valence-corrected chi connectivity index (χ2v) is 4.73. The lowest BCUT2D eigenvalue weighted by molar-refractivity contribution is 0.226. The Kier molecular flexibility index (Phi) is 4.48. The van der Waals surface area contributed by atoms with E-state index < -0.39 is 0 Å². The minimum Gasteiger partial charge on any atom is -0.485 e. The molecule has 5 heteroatoms. The highest BCUT2D eigenvalue weighted by Gasteiger charge is 2.13. The molecule has 2 aromatic carbocycles. The lowest BCUT2D eigenvalue weighted by Crippen LogP contribution is -2.15. The molecule has 0 aromatic heterocycles. The van der Waals surface area contributed by atoms with Crippen LogP contribution in [0.2, 0.25) is 5.02 Å². The molecular weight excluding hydrogens is 276 g/mol. The van der Waals surface area contributed by atoms with Crippen LogP contribution in [0, 0.1) is 0 Å². The fraction of sp³-hybridized carbons (Fsp3) is 0.133. The molecule has 0 radical (unpaired) electrons. The lowest BCUT2D eigenvalue weighted by atomic mass is 10.1. The van der Waals surface area contributed by atoms with Crippen LogP contribution >= 0.6 is 11.6 Å². The number of halogens is 1. The monoisotopic (exact) mass is 290 g/mol. The molecule has 0 aliphatic rings. The third-order valence-corrected chi connectivity index (χ3v) is 3.13. The zero-order chi connectivity index (χ0) is 14.5. The predicted molar refractivity (Wildman–Crippen MR) is 79.4 cm³/mol. The van der Waals surface area contributed by atoms with Crippen LogP contribution in [0.1, 0.15) is 24.2 Å². The van der Waals surface area contributed by atoms with Gasteiger partial charge in [0, 0.05) is 5.02 Å². The Morgan fingerprint density at radius 1 is 1.25 bits per heavy atom. The van der Waals surface area contributed by atoms with Crippen LogP contribution in [-0.2, 0) is 0 Å². The Balaban J connectivity index is 2.30. The van der Waals surface area contributed by atoms with Gasteiger partial charge in [-0.15, -0.1) is 0 Å². The van der Waals surface area contributed by atoms with E-state index in [-0.39, 0.29) is 11.9 Å². The van der Waals surface area contributed by atoms with Crippen molar-refractivity contribution in [1.82, 2.24) is 0 Å². The number of hydrogen-bond acceptors (Lipinski definition) is 3. The van der Waals surface area contributed by atoms with Crippen molar-refractivity contribution in [1.29, 1.82) is 0 Å². The molecule has 0 saturated carbocycles. The van der Waals surface area contributed by atoms with E-state index >= 15 is 0 Å². The number of nitrogens with two attached hydrogens (primary N) is 1. The van der Waals surface area contributed by atoms with Crippen molar-refractivity contribution in [2.45, 2.75) is 13.0 Å². The second-order valence-electron chi connectivity index (χ2n) is 4.30. The highest BCUT2D eigenvalue weighted by atomic mass is 35.5. The van der Waals surface area contributed by atoms with Crippen molar-refractivity contribution < 1.29 is 9.94 Å². The van der Waals surface area contributed by atoms with Crippen LogP contribution in [0.3, 0.4) is 0 Å². The Hall–Kier alpha value is -2.20. The molecule has 4 nitrogen and oxygen atoms in total. The summed E-state index contributed by atoms with van der Waals surface area (Å²) in [6, 6.07) is 14.8. The van der Waals surface area contributed by atoms with Crippen LogP contribution in [0.15, 0.2) is 53.7 Å².